The second-order valence-electron chi connectivity index (χ2n) is 5.03. The van der Waals surface area contributed by atoms with Crippen LogP contribution in [0.25, 0.3) is 0 Å². The number of nitrogen functional groups attached to an aromatic ring is 1. The minimum Gasteiger partial charge on any atom is -0.375 e. The molecule has 1 unspecified atom stereocenters. The summed E-state index contributed by atoms with van der Waals surface area (Å²) in [7, 11) is -3.09. The Bertz CT molecular complexity index is 520. The Kier molecular flexibility index (Phi) is 6.67. The van der Waals surface area contributed by atoms with Crippen molar-refractivity contribution < 1.29 is 8.42 Å². The highest BCUT2D eigenvalue weighted by atomic mass is 35.5. The molecule has 1 aliphatic rings. The van der Waals surface area contributed by atoms with E-state index in [0.717, 1.165) is 37.4 Å². The molecule has 9 heteroatoms. The van der Waals surface area contributed by atoms with Crippen LogP contribution in [0.2, 0.25) is 0 Å². The van der Waals surface area contributed by atoms with Crippen molar-refractivity contribution in [3.63, 3.8) is 0 Å². The first-order valence-electron chi connectivity index (χ1n) is 6.29. The molecule has 0 aliphatic carbocycles. The number of hydrogen-bond acceptors (Lipinski definition) is 6. The zero-order valence-electron chi connectivity index (χ0n) is 11.4. The number of piperidine rings is 1. The number of hydrogen-bond donors (Lipinski definition) is 2. The quantitative estimate of drug-likeness (QED) is 0.831. The van der Waals surface area contributed by atoms with Gasteiger partial charge in [-0.05, 0) is 25.3 Å². The summed E-state index contributed by atoms with van der Waals surface area (Å²) in [6.45, 7) is 3.35. The third kappa shape index (κ3) is 5.92. The molecule has 2 heterocycles. The van der Waals surface area contributed by atoms with E-state index >= 15 is 0 Å². The number of halogens is 1. The number of aromatic nitrogens is 1. The fourth-order valence-electron chi connectivity index (χ4n) is 2.35. The molecular weight excluding hydrogens is 320 g/mol. The molecule has 1 atom stereocenters. The summed E-state index contributed by atoms with van der Waals surface area (Å²) in [6, 6.07) is 0. The summed E-state index contributed by atoms with van der Waals surface area (Å²) in [5.74, 6) is 0.383. The Morgan fingerprint density at radius 3 is 2.95 bits per heavy atom. The van der Waals surface area contributed by atoms with Gasteiger partial charge in [0.25, 0.3) is 0 Å². The summed E-state index contributed by atoms with van der Waals surface area (Å²) in [4.78, 5) is 7.55. The van der Waals surface area contributed by atoms with Gasteiger partial charge in [0.1, 0.15) is 0 Å². The van der Waals surface area contributed by atoms with Crippen LogP contribution in [-0.2, 0) is 16.6 Å². The second kappa shape index (κ2) is 7.56. The van der Waals surface area contributed by atoms with Crippen LogP contribution in [0, 0.1) is 5.92 Å². The fraction of sp³-hybridized carbons (Fsp3) is 0.727. The van der Waals surface area contributed by atoms with Crippen LogP contribution in [0.4, 0.5) is 5.13 Å². The van der Waals surface area contributed by atoms with Crippen LogP contribution in [0.15, 0.2) is 6.20 Å². The highest BCUT2D eigenvalue weighted by Gasteiger charge is 2.21. The first kappa shape index (κ1) is 17.6. The summed E-state index contributed by atoms with van der Waals surface area (Å²) in [6.07, 6.45) is 5.19. The van der Waals surface area contributed by atoms with Crippen molar-refractivity contribution in [1.82, 2.24) is 14.6 Å². The molecule has 20 heavy (non-hydrogen) atoms. The molecule has 0 amide bonds. The SMILES string of the molecule is CS(=O)(=O)NCC1CCCN(Cc2cnc(N)s2)C1.Cl. The van der Waals surface area contributed by atoms with E-state index in [1.807, 2.05) is 6.20 Å². The monoisotopic (exact) mass is 340 g/mol. The second-order valence-corrected chi connectivity index (χ2v) is 8.01. The van der Waals surface area contributed by atoms with Crippen LogP contribution in [0.1, 0.15) is 17.7 Å². The predicted molar refractivity (Wildman–Crippen MR) is 84.6 cm³/mol. The van der Waals surface area contributed by atoms with Gasteiger partial charge in [-0.25, -0.2) is 18.1 Å². The van der Waals surface area contributed by atoms with Gasteiger partial charge < -0.3 is 5.73 Å². The van der Waals surface area contributed by atoms with Gasteiger partial charge in [0, 0.05) is 30.7 Å². The zero-order chi connectivity index (χ0) is 13.9. The van der Waals surface area contributed by atoms with Crippen LogP contribution in [0.3, 0.4) is 0 Å². The first-order chi connectivity index (χ1) is 8.92. The van der Waals surface area contributed by atoms with E-state index in [1.165, 1.54) is 17.6 Å². The van der Waals surface area contributed by atoms with Crippen LogP contribution in [0.5, 0.6) is 0 Å². The van der Waals surface area contributed by atoms with Gasteiger partial charge in [-0.2, -0.15) is 0 Å². The molecule has 1 saturated heterocycles. The molecule has 6 nitrogen and oxygen atoms in total. The van der Waals surface area contributed by atoms with E-state index in [2.05, 4.69) is 14.6 Å². The van der Waals surface area contributed by atoms with Crippen molar-refractivity contribution in [3.8, 4) is 0 Å². The molecule has 0 saturated carbocycles. The molecule has 3 N–H and O–H groups in total. The Balaban J connectivity index is 0.00000200. The molecule has 1 aromatic rings. The average Bonchev–Trinajstić information content (AvgIpc) is 2.72. The highest BCUT2D eigenvalue weighted by Crippen LogP contribution is 2.21. The van der Waals surface area contributed by atoms with Crippen molar-refractivity contribution in [1.29, 1.82) is 0 Å². The van der Waals surface area contributed by atoms with Crippen molar-refractivity contribution in [3.05, 3.63) is 11.1 Å². The van der Waals surface area contributed by atoms with Gasteiger partial charge in [0.2, 0.25) is 10.0 Å². The van der Waals surface area contributed by atoms with Gasteiger partial charge in [0.15, 0.2) is 5.13 Å². The van der Waals surface area contributed by atoms with Crippen molar-refractivity contribution in [2.75, 3.05) is 31.6 Å². The fourth-order valence-corrected chi connectivity index (χ4v) is 3.61. The molecule has 1 aromatic heterocycles. The molecule has 1 fully saturated rings. The van der Waals surface area contributed by atoms with Crippen LogP contribution >= 0.6 is 23.7 Å². The standard InChI is InChI=1S/C11H20N4O2S2.ClH/c1-19(16,17)14-5-9-3-2-4-15(7-9)8-10-6-13-11(12)18-10;/h6,9,14H,2-5,7-8H2,1H3,(H2,12,13);1H. The summed E-state index contributed by atoms with van der Waals surface area (Å²) < 4.78 is 24.8. The Morgan fingerprint density at radius 1 is 1.60 bits per heavy atom. The Morgan fingerprint density at radius 2 is 2.35 bits per heavy atom. The summed E-state index contributed by atoms with van der Waals surface area (Å²) >= 11 is 1.51. The molecule has 0 spiro atoms. The van der Waals surface area contributed by atoms with Crippen molar-refractivity contribution in [2.24, 2.45) is 5.92 Å². The van der Waals surface area contributed by atoms with Crippen LogP contribution < -0.4 is 10.5 Å². The lowest BCUT2D eigenvalue weighted by molar-refractivity contribution is 0.170. The van der Waals surface area contributed by atoms with E-state index in [-0.39, 0.29) is 12.4 Å². The summed E-state index contributed by atoms with van der Waals surface area (Å²) in [5.41, 5.74) is 5.62. The van der Waals surface area contributed by atoms with Gasteiger partial charge in [-0.3, -0.25) is 4.90 Å². The lowest BCUT2D eigenvalue weighted by Gasteiger charge is -2.32. The number of likely N-dealkylation sites (tertiary alicyclic amines) is 1. The normalized spacial score (nSPS) is 20.6. The summed E-state index contributed by atoms with van der Waals surface area (Å²) in [5, 5.41) is 0.599. The van der Waals surface area contributed by atoms with E-state index in [9.17, 15) is 8.42 Å². The number of nitrogens with zero attached hydrogens (tertiary/aromatic N) is 2. The topological polar surface area (TPSA) is 88.3 Å². The smallest absolute Gasteiger partial charge is 0.208 e. The highest BCUT2D eigenvalue weighted by molar-refractivity contribution is 7.88. The maximum atomic E-state index is 11.1. The van der Waals surface area contributed by atoms with Gasteiger partial charge in [0.05, 0.1) is 6.26 Å². The predicted octanol–water partition coefficient (Wildman–Crippen LogP) is 0.908. The molecule has 0 aromatic carbocycles. The number of nitrogens with two attached hydrogens (primary N) is 1. The number of rotatable bonds is 5. The maximum absolute atomic E-state index is 11.1. The van der Waals surface area contributed by atoms with E-state index in [1.54, 1.807) is 0 Å². The number of anilines is 1. The molecule has 116 valence electrons. The van der Waals surface area contributed by atoms with Gasteiger partial charge in [-0.15, -0.1) is 23.7 Å². The third-order valence-corrected chi connectivity index (χ3v) is 4.69. The largest absolute Gasteiger partial charge is 0.375 e. The Hall–Kier alpha value is -0.410. The molecule has 0 bridgehead atoms. The lowest BCUT2D eigenvalue weighted by Crippen LogP contribution is -2.40. The minimum absolute atomic E-state index is 0. The number of thiazole rings is 1. The van der Waals surface area contributed by atoms with Crippen molar-refractivity contribution in [2.45, 2.75) is 19.4 Å². The average molecular weight is 341 g/mol. The first-order valence-corrected chi connectivity index (χ1v) is 9.00. The van der Waals surface area contributed by atoms with E-state index in [4.69, 9.17) is 5.73 Å². The van der Waals surface area contributed by atoms with Crippen LogP contribution in [-0.4, -0.2) is 44.2 Å². The molecule has 1 aliphatic heterocycles. The third-order valence-electron chi connectivity index (χ3n) is 3.19. The zero-order valence-corrected chi connectivity index (χ0v) is 13.9. The molecule has 2 rings (SSSR count). The van der Waals surface area contributed by atoms with E-state index in [0.29, 0.717) is 17.6 Å². The molecule has 0 radical (unpaired) electrons. The number of sulfonamides is 1. The lowest BCUT2D eigenvalue weighted by atomic mass is 9.98. The minimum atomic E-state index is -3.09. The maximum Gasteiger partial charge on any atom is 0.208 e. The van der Waals surface area contributed by atoms with Gasteiger partial charge >= 0.3 is 0 Å². The number of nitrogens with one attached hydrogen (secondary N) is 1. The molecular formula is C11H21ClN4O2S2. The Labute approximate surface area is 130 Å². The van der Waals surface area contributed by atoms with Crippen molar-refractivity contribution >= 4 is 38.9 Å². The van der Waals surface area contributed by atoms with Gasteiger partial charge in [-0.1, -0.05) is 0 Å². The van der Waals surface area contributed by atoms with E-state index < -0.39 is 10.0 Å².